The monoisotopic (exact) mass is 406 g/mol. The molecule has 0 atom stereocenters. The minimum absolute atomic E-state index is 0.00650. The number of aryl methyl sites for hydroxylation is 2. The molecule has 1 aliphatic rings. The Hall–Kier alpha value is -1.55. The van der Waals surface area contributed by atoms with Gasteiger partial charge in [0.1, 0.15) is 11.1 Å². The van der Waals surface area contributed by atoms with Gasteiger partial charge in [-0.3, -0.25) is 0 Å². The summed E-state index contributed by atoms with van der Waals surface area (Å²) in [5, 5.41) is 10.6. The number of aromatic nitrogens is 1. The smallest absolute Gasteiger partial charge is 0.155 e. The van der Waals surface area contributed by atoms with E-state index >= 15 is 0 Å². The zero-order chi connectivity index (χ0) is 18.6. The van der Waals surface area contributed by atoms with Crippen molar-refractivity contribution in [2.24, 2.45) is 0 Å². The Labute approximate surface area is 163 Å². The normalized spacial score (nSPS) is 13.8. The number of fused-ring (bicyclic) bond motifs is 1. The predicted molar refractivity (Wildman–Crippen MR) is 105 cm³/mol. The number of sulfone groups is 1. The Kier molecular flexibility index (Phi) is 6.23. The number of halogens is 1. The van der Waals surface area contributed by atoms with Crippen LogP contribution in [0.3, 0.4) is 0 Å². The van der Waals surface area contributed by atoms with Crippen molar-refractivity contribution < 1.29 is 8.42 Å². The third-order valence-electron chi connectivity index (χ3n) is 4.32. The number of nitrogens with zero attached hydrogens (tertiary/aromatic N) is 2. The Bertz CT molecular complexity index is 935. The molecule has 0 aliphatic heterocycles. The topological polar surface area (TPSA) is 70.8 Å². The molecule has 0 bridgehead atoms. The maximum absolute atomic E-state index is 12.3. The molecule has 0 N–H and O–H groups in total. The summed E-state index contributed by atoms with van der Waals surface area (Å²) in [4.78, 5) is 4.63. The van der Waals surface area contributed by atoms with E-state index in [-0.39, 0.29) is 11.5 Å². The summed E-state index contributed by atoms with van der Waals surface area (Å²) in [5.74, 6) is 0.424. The van der Waals surface area contributed by atoms with Gasteiger partial charge in [-0.1, -0.05) is 23.7 Å². The Morgan fingerprint density at radius 3 is 2.65 bits per heavy atom. The number of pyridine rings is 1. The molecule has 1 aliphatic carbocycles. The average Bonchev–Trinajstić information content (AvgIpc) is 2.62. The number of thioether (sulfide) groups is 1. The fourth-order valence-corrected chi connectivity index (χ4v) is 5.92. The molecule has 4 nitrogen and oxygen atoms in total. The molecule has 0 amide bonds. The first-order chi connectivity index (χ1) is 12.5. The summed E-state index contributed by atoms with van der Waals surface area (Å²) >= 11 is 7.18. The summed E-state index contributed by atoms with van der Waals surface area (Å²) in [6.07, 6.45) is 4.15. The van der Waals surface area contributed by atoms with Crippen LogP contribution in [0.15, 0.2) is 35.4 Å². The van der Waals surface area contributed by atoms with Crippen LogP contribution in [0.5, 0.6) is 0 Å². The molecule has 0 saturated heterocycles. The molecule has 0 radical (unpaired) electrons. The SMILES string of the molecule is N#Cc1cc2c(nc1SCCS(=O)(=O)Cc1ccc(Cl)cc1)CCCC2. The van der Waals surface area contributed by atoms with Gasteiger partial charge in [0.15, 0.2) is 9.84 Å². The molecule has 26 heavy (non-hydrogen) atoms. The van der Waals surface area contributed by atoms with E-state index in [0.717, 1.165) is 42.5 Å². The van der Waals surface area contributed by atoms with Crippen LogP contribution in [-0.4, -0.2) is 24.9 Å². The van der Waals surface area contributed by atoms with Gasteiger partial charge in [-0.15, -0.1) is 11.8 Å². The quantitative estimate of drug-likeness (QED) is 0.672. The van der Waals surface area contributed by atoms with E-state index in [1.807, 2.05) is 6.07 Å². The second-order valence-corrected chi connectivity index (χ2v) is 10.0. The van der Waals surface area contributed by atoms with Gasteiger partial charge in [0, 0.05) is 16.5 Å². The minimum atomic E-state index is -3.23. The number of benzene rings is 1. The first-order valence-electron chi connectivity index (χ1n) is 8.47. The van der Waals surface area contributed by atoms with Crippen LogP contribution in [0.1, 0.15) is 35.2 Å². The van der Waals surface area contributed by atoms with Gasteiger partial charge in [-0.05, 0) is 55.0 Å². The van der Waals surface area contributed by atoms with Crippen LogP contribution in [0.2, 0.25) is 5.02 Å². The largest absolute Gasteiger partial charge is 0.245 e. The Morgan fingerprint density at radius 1 is 1.19 bits per heavy atom. The molecule has 1 aromatic heterocycles. The van der Waals surface area contributed by atoms with Gasteiger partial charge in [-0.25, -0.2) is 13.4 Å². The molecule has 0 fully saturated rings. The maximum Gasteiger partial charge on any atom is 0.155 e. The summed E-state index contributed by atoms with van der Waals surface area (Å²) in [6, 6.07) is 11.0. The highest BCUT2D eigenvalue weighted by Gasteiger charge is 2.17. The minimum Gasteiger partial charge on any atom is -0.245 e. The number of rotatable bonds is 6. The van der Waals surface area contributed by atoms with Gasteiger partial charge in [0.2, 0.25) is 0 Å². The summed E-state index contributed by atoms with van der Waals surface area (Å²) in [6.45, 7) is 0. The first-order valence-corrected chi connectivity index (χ1v) is 11.7. The zero-order valence-electron chi connectivity index (χ0n) is 14.2. The van der Waals surface area contributed by atoms with Gasteiger partial charge in [-0.2, -0.15) is 5.26 Å². The molecule has 2 aromatic rings. The standard InChI is InChI=1S/C19H19ClN2O2S2/c20-17-7-5-14(6-8-17)13-26(23,24)10-9-25-19-16(12-21)11-15-3-1-2-4-18(15)22-19/h5-8,11H,1-4,9-10,13H2. The van der Waals surface area contributed by atoms with Crippen LogP contribution >= 0.6 is 23.4 Å². The van der Waals surface area contributed by atoms with Gasteiger partial charge < -0.3 is 0 Å². The lowest BCUT2D eigenvalue weighted by Crippen LogP contribution is -2.12. The van der Waals surface area contributed by atoms with Gasteiger partial charge in [0.25, 0.3) is 0 Å². The van der Waals surface area contributed by atoms with E-state index in [1.54, 1.807) is 24.3 Å². The summed E-state index contributed by atoms with van der Waals surface area (Å²) in [5.41, 5.74) is 3.49. The molecule has 1 heterocycles. The van der Waals surface area contributed by atoms with E-state index in [4.69, 9.17) is 11.6 Å². The van der Waals surface area contributed by atoms with E-state index in [0.29, 0.717) is 21.4 Å². The van der Waals surface area contributed by atoms with Gasteiger partial charge in [0.05, 0.1) is 17.1 Å². The fraction of sp³-hybridized carbons (Fsp3) is 0.368. The molecule has 1 aromatic carbocycles. The molecule has 7 heteroatoms. The maximum atomic E-state index is 12.3. The van der Waals surface area contributed by atoms with Crippen LogP contribution in [-0.2, 0) is 28.4 Å². The van der Waals surface area contributed by atoms with Crippen LogP contribution in [0.25, 0.3) is 0 Å². The highest BCUT2D eigenvalue weighted by Crippen LogP contribution is 2.27. The number of hydrogen-bond acceptors (Lipinski definition) is 5. The van der Waals surface area contributed by atoms with E-state index in [2.05, 4.69) is 11.1 Å². The third-order valence-corrected chi connectivity index (χ3v) is 7.42. The van der Waals surface area contributed by atoms with Crippen LogP contribution in [0.4, 0.5) is 0 Å². The zero-order valence-corrected chi connectivity index (χ0v) is 16.6. The molecular weight excluding hydrogens is 388 g/mol. The highest BCUT2D eigenvalue weighted by molar-refractivity contribution is 8.00. The lowest BCUT2D eigenvalue weighted by Gasteiger charge is -2.16. The van der Waals surface area contributed by atoms with E-state index < -0.39 is 9.84 Å². The number of hydrogen-bond donors (Lipinski definition) is 0. The number of nitriles is 1. The predicted octanol–water partition coefficient (Wildman–Crippen LogP) is 4.19. The van der Waals surface area contributed by atoms with Crippen LogP contribution in [0, 0.1) is 11.3 Å². The first kappa shape index (κ1) is 19.2. The summed E-state index contributed by atoms with van der Waals surface area (Å²) < 4.78 is 24.7. The molecule has 3 rings (SSSR count). The van der Waals surface area contributed by atoms with E-state index in [9.17, 15) is 13.7 Å². The van der Waals surface area contributed by atoms with Gasteiger partial charge >= 0.3 is 0 Å². The van der Waals surface area contributed by atoms with Crippen molar-refractivity contribution in [3.8, 4) is 6.07 Å². The van der Waals surface area contributed by atoms with E-state index in [1.165, 1.54) is 11.8 Å². The Balaban J connectivity index is 1.63. The van der Waals surface area contributed by atoms with Crippen LogP contribution < -0.4 is 0 Å². The Morgan fingerprint density at radius 2 is 1.92 bits per heavy atom. The van der Waals surface area contributed by atoms with Crippen molar-refractivity contribution in [1.29, 1.82) is 5.26 Å². The highest BCUT2D eigenvalue weighted by atomic mass is 35.5. The van der Waals surface area contributed by atoms with Crippen molar-refractivity contribution in [3.05, 3.63) is 57.7 Å². The molecule has 0 spiro atoms. The fourth-order valence-electron chi connectivity index (χ4n) is 2.98. The summed E-state index contributed by atoms with van der Waals surface area (Å²) in [7, 11) is -3.23. The van der Waals surface area contributed by atoms with Crippen molar-refractivity contribution >= 4 is 33.2 Å². The van der Waals surface area contributed by atoms with Crippen molar-refractivity contribution in [1.82, 2.24) is 4.98 Å². The second-order valence-electron chi connectivity index (χ2n) is 6.33. The van der Waals surface area contributed by atoms with Crippen molar-refractivity contribution in [3.63, 3.8) is 0 Å². The molecule has 136 valence electrons. The lowest BCUT2D eigenvalue weighted by atomic mass is 9.95. The van der Waals surface area contributed by atoms with Crippen molar-refractivity contribution in [2.75, 3.05) is 11.5 Å². The molecule has 0 unspecified atom stereocenters. The van der Waals surface area contributed by atoms with Crippen molar-refractivity contribution in [2.45, 2.75) is 36.5 Å². The second kappa shape index (κ2) is 8.43. The molecular formula is C19H19ClN2O2S2. The third kappa shape index (κ3) is 5.00. The molecule has 0 saturated carbocycles. The lowest BCUT2D eigenvalue weighted by molar-refractivity contribution is 0.597. The average molecular weight is 407 g/mol.